The molecule has 0 aromatic carbocycles. The molecule has 0 bridgehead atoms. The molecule has 0 aromatic rings. The Morgan fingerprint density at radius 3 is 2.18 bits per heavy atom. The van der Waals surface area contributed by atoms with E-state index >= 15 is 0 Å². The van der Waals surface area contributed by atoms with Gasteiger partial charge in [-0.2, -0.15) is 0 Å². The van der Waals surface area contributed by atoms with Crippen LogP contribution in [0, 0.1) is 11.3 Å². The highest BCUT2D eigenvalue weighted by atomic mass is 16.2. The first-order chi connectivity index (χ1) is 7.93. The molecule has 1 aliphatic carbocycles. The first-order valence-electron chi connectivity index (χ1n) is 6.23. The van der Waals surface area contributed by atoms with E-state index in [9.17, 15) is 9.59 Å². The maximum absolute atomic E-state index is 12.2. The second kappa shape index (κ2) is 5.49. The monoisotopic (exact) mass is 241 g/mol. The van der Waals surface area contributed by atoms with Crippen molar-refractivity contribution in [1.29, 1.82) is 0 Å². The van der Waals surface area contributed by atoms with Crippen molar-refractivity contribution in [2.45, 2.75) is 45.6 Å². The van der Waals surface area contributed by atoms with Crippen molar-refractivity contribution in [3.8, 4) is 0 Å². The summed E-state index contributed by atoms with van der Waals surface area (Å²) >= 11 is 0. The SMILES string of the molecule is CC(C)C(NC(=O)C1(CN)CCCC1)C(N)=O. The Kier molecular flexibility index (Phi) is 4.51. The van der Waals surface area contributed by atoms with E-state index in [1.165, 1.54) is 0 Å². The third kappa shape index (κ3) is 2.97. The van der Waals surface area contributed by atoms with Crippen LogP contribution < -0.4 is 16.8 Å². The Labute approximate surface area is 102 Å². The lowest BCUT2D eigenvalue weighted by molar-refractivity contribution is -0.134. The van der Waals surface area contributed by atoms with Gasteiger partial charge in [-0.15, -0.1) is 0 Å². The highest BCUT2D eigenvalue weighted by Gasteiger charge is 2.41. The van der Waals surface area contributed by atoms with Crippen molar-refractivity contribution in [2.75, 3.05) is 6.54 Å². The number of nitrogens with one attached hydrogen (secondary N) is 1. The van der Waals surface area contributed by atoms with Gasteiger partial charge in [0.2, 0.25) is 11.8 Å². The Morgan fingerprint density at radius 2 is 1.82 bits per heavy atom. The Balaban J connectivity index is 2.72. The number of nitrogens with two attached hydrogens (primary N) is 2. The molecule has 1 rings (SSSR count). The first kappa shape index (κ1) is 14.0. The smallest absolute Gasteiger partial charge is 0.240 e. The van der Waals surface area contributed by atoms with Crippen molar-refractivity contribution < 1.29 is 9.59 Å². The van der Waals surface area contributed by atoms with Crippen LogP contribution in [0.15, 0.2) is 0 Å². The lowest BCUT2D eigenvalue weighted by Gasteiger charge is -2.29. The van der Waals surface area contributed by atoms with Gasteiger partial charge < -0.3 is 16.8 Å². The Morgan fingerprint density at radius 1 is 1.29 bits per heavy atom. The summed E-state index contributed by atoms with van der Waals surface area (Å²) in [6, 6.07) is -0.605. The molecular weight excluding hydrogens is 218 g/mol. The van der Waals surface area contributed by atoms with Gasteiger partial charge in [-0.1, -0.05) is 26.7 Å². The van der Waals surface area contributed by atoms with Crippen LogP contribution in [0.5, 0.6) is 0 Å². The number of carbonyl (C=O) groups excluding carboxylic acids is 2. The predicted molar refractivity (Wildman–Crippen MR) is 65.9 cm³/mol. The number of hydrogen-bond donors (Lipinski definition) is 3. The highest BCUT2D eigenvalue weighted by Crippen LogP contribution is 2.37. The average Bonchev–Trinajstić information content (AvgIpc) is 2.74. The summed E-state index contributed by atoms with van der Waals surface area (Å²) in [5.74, 6) is -0.610. The van der Waals surface area contributed by atoms with E-state index < -0.39 is 17.4 Å². The van der Waals surface area contributed by atoms with Gasteiger partial charge in [-0.25, -0.2) is 0 Å². The summed E-state index contributed by atoms with van der Waals surface area (Å²) in [5, 5.41) is 2.76. The molecule has 5 heteroatoms. The molecule has 0 aromatic heterocycles. The van der Waals surface area contributed by atoms with Crippen LogP contribution in [0.1, 0.15) is 39.5 Å². The lowest BCUT2D eigenvalue weighted by atomic mass is 9.84. The summed E-state index contributed by atoms with van der Waals surface area (Å²) in [7, 11) is 0. The minimum Gasteiger partial charge on any atom is -0.368 e. The molecule has 98 valence electrons. The summed E-state index contributed by atoms with van der Waals surface area (Å²) < 4.78 is 0. The second-order valence-electron chi connectivity index (χ2n) is 5.29. The summed E-state index contributed by atoms with van der Waals surface area (Å²) in [6.07, 6.45) is 3.65. The predicted octanol–water partition coefficient (Wildman–Crippen LogP) is 0.132. The first-order valence-corrected chi connectivity index (χ1v) is 6.23. The molecular formula is C12H23N3O2. The maximum atomic E-state index is 12.2. The third-order valence-corrected chi connectivity index (χ3v) is 3.69. The number of rotatable bonds is 5. The molecule has 5 nitrogen and oxygen atoms in total. The lowest BCUT2D eigenvalue weighted by Crippen LogP contribution is -2.53. The number of carbonyl (C=O) groups is 2. The molecule has 0 aliphatic heterocycles. The van der Waals surface area contributed by atoms with Gasteiger partial charge in [-0.05, 0) is 18.8 Å². The molecule has 0 radical (unpaired) electrons. The van der Waals surface area contributed by atoms with E-state index in [0.29, 0.717) is 6.54 Å². The Hall–Kier alpha value is -1.10. The van der Waals surface area contributed by atoms with Crippen LogP contribution in [0.2, 0.25) is 0 Å². The van der Waals surface area contributed by atoms with Gasteiger partial charge >= 0.3 is 0 Å². The fourth-order valence-corrected chi connectivity index (χ4v) is 2.44. The molecule has 1 fully saturated rings. The fraction of sp³-hybridized carbons (Fsp3) is 0.833. The molecule has 0 saturated heterocycles. The molecule has 0 spiro atoms. The minimum atomic E-state index is -0.605. The van der Waals surface area contributed by atoms with Crippen molar-refractivity contribution >= 4 is 11.8 Å². The molecule has 1 atom stereocenters. The van der Waals surface area contributed by atoms with Crippen molar-refractivity contribution in [2.24, 2.45) is 22.8 Å². The number of amides is 2. The van der Waals surface area contributed by atoms with Gasteiger partial charge in [-0.3, -0.25) is 9.59 Å². The zero-order valence-corrected chi connectivity index (χ0v) is 10.7. The van der Waals surface area contributed by atoms with E-state index in [0.717, 1.165) is 25.7 Å². The molecule has 1 saturated carbocycles. The van der Waals surface area contributed by atoms with Crippen molar-refractivity contribution in [3.05, 3.63) is 0 Å². The molecule has 1 unspecified atom stereocenters. The fourth-order valence-electron chi connectivity index (χ4n) is 2.44. The topological polar surface area (TPSA) is 98.2 Å². The minimum absolute atomic E-state index is 0.00678. The molecule has 5 N–H and O–H groups in total. The summed E-state index contributed by atoms with van der Waals surface area (Å²) in [5.41, 5.74) is 10.5. The van der Waals surface area contributed by atoms with Crippen LogP contribution >= 0.6 is 0 Å². The van der Waals surface area contributed by atoms with Gasteiger partial charge in [0.25, 0.3) is 0 Å². The maximum Gasteiger partial charge on any atom is 0.240 e. The van der Waals surface area contributed by atoms with E-state index in [2.05, 4.69) is 5.32 Å². The number of hydrogen-bond acceptors (Lipinski definition) is 3. The van der Waals surface area contributed by atoms with Gasteiger partial charge in [0.05, 0.1) is 5.41 Å². The largest absolute Gasteiger partial charge is 0.368 e. The van der Waals surface area contributed by atoms with Crippen molar-refractivity contribution in [3.63, 3.8) is 0 Å². The van der Waals surface area contributed by atoms with E-state index in [1.54, 1.807) is 0 Å². The van der Waals surface area contributed by atoms with Gasteiger partial charge in [0.1, 0.15) is 6.04 Å². The number of primary amides is 1. The molecule has 17 heavy (non-hydrogen) atoms. The Bertz CT molecular complexity index is 296. The van der Waals surface area contributed by atoms with Crippen LogP contribution in [-0.2, 0) is 9.59 Å². The van der Waals surface area contributed by atoms with Crippen molar-refractivity contribution in [1.82, 2.24) is 5.32 Å². The van der Waals surface area contributed by atoms with E-state index in [4.69, 9.17) is 11.5 Å². The summed E-state index contributed by atoms with van der Waals surface area (Å²) in [6.45, 7) is 4.06. The molecule has 0 heterocycles. The van der Waals surface area contributed by atoms with Crippen LogP contribution in [0.3, 0.4) is 0 Å². The second-order valence-corrected chi connectivity index (χ2v) is 5.29. The van der Waals surface area contributed by atoms with Gasteiger partial charge in [0, 0.05) is 6.54 Å². The van der Waals surface area contributed by atoms with E-state index in [-0.39, 0.29) is 11.8 Å². The third-order valence-electron chi connectivity index (χ3n) is 3.69. The highest BCUT2D eigenvalue weighted by molar-refractivity contribution is 5.89. The molecule has 2 amide bonds. The van der Waals surface area contributed by atoms with Crippen LogP contribution in [0.4, 0.5) is 0 Å². The summed E-state index contributed by atoms with van der Waals surface area (Å²) in [4.78, 5) is 23.5. The average molecular weight is 241 g/mol. The zero-order chi connectivity index (χ0) is 13.1. The normalized spacial score (nSPS) is 20.2. The van der Waals surface area contributed by atoms with Gasteiger partial charge in [0.15, 0.2) is 0 Å². The standard InChI is InChI=1S/C12H23N3O2/c1-8(2)9(10(14)16)15-11(17)12(7-13)5-3-4-6-12/h8-9H,3-7,13H2,1-2H3,(H2,14,16)(H,15,17). The van der Waals surface area contributed by atoms with Crippen LogP contribution in [-0.4, -0.2) is 24.4 Å². The quantitative estimate of drug-likeness (QED) is 0.638. The van der Waals surface area contributed by atoms with Crippen LogP contribution in [0.25, 0.3) is 0 Å². The zero-order valence-electron chi connectivity index (χ0n) is 10.7. The molecule has 1 aliphatic rings. The van der Waals surface area contributed by atoms with E-state index in [1.807, 2.05) is 13.8 Å².